The van der Waals surface area contributed by atoms with Crippen LogP contribution in [0.5, 0.6) is 0 Å². The van der Waals surface area contributed by atoms with Crippen LogP contribution in [0.25, 0.3) is 0 Å². The topological polar surface area (TPSA) is 86.7 Å². The van der Waals surface area contributed by atoms with Crippen molar-refractivity contribution in [1.29, 1.82) is 0 Å². The maximum Gasteiger partial charge on any atom is 0.327 e. The predicted molar refractivity (Wildman–Crippen MR) is 79.7 cm³/mol. The molecule has 0 rings (SSSR count). The monoisotopic (exact) mass is 304 g/mol. The Morgan fingerprint density at radius 2 is 1.85 bits per heavy atom. The molecule has 0 aliphatic rings. The van der Waals surface area contributed by atoms with E-state index >= 15 is 0 Å². The lowest BCUT2D eigenvalue weighted by molar-refractivity contribution is -0.140. The van der Waals surface area contributed by atoms with Crippen LogP contribution in [0.4, 0.5) is 0 Å². The molecule has 0 aromatic carbocycles. The summed E-state index contributed by atoms with van der Waals surface area (Å²) in [5, 5.41) is 11.3. The fourth-order valence-electron chi connectivity index (χ4n) is 1.68. The van der Waals surface area contributed by atoms with Crippen molar-refractivity contribution >= 4 is 29.5 Å². The molecule has 1 unspecified atom stereocenters. The van der Waals surface area contributed by atoms with Crippen molar-refractivity contribution < 1.29 is 19.5 Å². The normalized spacial score (nSPS) is 11.8. The smallest absolute Gasteiger partial charge is 0.327 e. The minimum Gasteiger partial charge on any atom is -0.480 e. The molecule has 2 N–H and O–H groups in total. The Hall–Kier alpha value is -1.24. The number of carboxylic acid groups (broad SMARTS) is 1. The van der Waals surface area contributed by atoms with Crippen LogP contribution in [0.15, 0.2) is 0 Å². The van der Waals surface area contributed by atoms with Gasteiger partial charge in [-0.05, 0) is 26.0 Å². The molecule has 0 bridgehead atoms. The number of carbonyl (C=O) groups excluding carboxylic acids is 2. The number of carbonyl (C=O) groups is 3. The van der Waals surface area contributed by atoms with E-state index in [1.807, 2.05) is 13.8 Å². The largest absolute Gasteiger partial charge is 0.480 e. The summed E-state index contributed by atoms with van der Waals surface area (Å²) in [6.07, 6.45) is 1.19. The highest BCUT2D eigenvalue weighted by molar-refractivity contribution is 7.99. The van der Waals surface area contributed by atoms with Crippen molar-refractivity contribution in [2.75, 3.05) is 24.6 Å². The van der Waals surface area contributed by atoms with Gasteiger partial charge in [0.2, 0.25) is 11.8 Å². The molecule has 6 nitrogen and oxygen atoms in total. The van der Waals surface area contributed by atoms with Crippen LogP contribution in [0.3, 0.4) is 0 Å². The summed E-state index contributed by atoms with van der Waals surface area (Å²) in [6, 6.07) is -0.865. The van der Waals surface area contributed by atoms with Crippen LogP contribution in [-0.4, -0.2) is 58.4 Å². The van der Waals surface area contributed by atoms with Crippen LogP contribution >= 0.6 is 11.8 Å². The summed E-state index contributed by atoms with van der Waals surface area (Å²) in [5.41, 5.74) is 0. The second-order valence-corrected chi connectivity index (χ2v) is 5.49. The van der Waals surface area contributed by atoms with E-state index in [0.29, 0.717) is 37.4 Å². The lowest BCUT2D eigenvalue weighted by Gasteiger charge is -2.18. The highest BCUT2D eigenvalue weighted by Gasteiger charge is 2.18. The summed E-state index contributed by atoms with van der Waals surface area (Å²) in [6.45, 7) is 6.61. The standard InChI is InChI=1S/C13H24N2O4S/c1-4-15(5-2)12(17)7-6-8-20-9-11(13(18)19)14-10(3)16/h11H,4-9H2,1-3H3,(H,14,16)(H,18,19). The van der Waals surface area contributed by atoms with Gasteiger partial charge in [0, 0.05) is 32.2 Å². The van der Waals surface area contributed by atoms with E-state index in [4.69, 9.17) is 5.11 Å². The van der Waals surface area contributed by atoms with E-state index in [9.17, 15) is 14.4 Å². The number of hydrogen-bond donors (Lipinski definition) is 2. The van der Waals surface area contributed by atoms with Gasteiger partial charge in [0.05, 0.1) is 0 Å². The van der Waals surface area contributed by atoms with E-state index in [1.54, 1.807) is 4.90 Å². The third-order valence-electron chi connectivity index (χ3n) is 2.76. The van der Waals surface area contributed by atoms with Crippen LogP contribution in [0.2, 0.25) is 0 Å². The summed E-state index contributed by atoms with van der Waals surface area (Å²) < 4.78 is 0. The Labute approximate surface area is 124 Å². The highest BCUT2D eigenvalue weighted by Crippen LogP contribution is 2.08. The number of aliphatic carboxylic acids is 1. The number of rotatable bonds is 10. The van der Waals surface area contributed by atoms with Crippen molar-refractivity contribution in [2.24, 2.45) is 0 Å². The summed E-state index contributed by atoms with van der Waals surface area (Å²) in [7, 11) is 0. The Balaban J connectivity index is 3.86. The van der Waals surface area contributed by atoms with Gasteiger partial charge in [0.15, 0.2) is 0 Å². The van der Waals surface area contributed by atoms with Gasteiger partial charge in [-0.3, -0.25) is 9.59 Å². The average Bonchev–Trinajstić information content (AvgIpc) is 2.37. The van der Waals surface area contributed by atoms with Gasteiger partial charge in [-0.1, -0.05) is 0 Å². The SMILES string of the molecule is CCN(CC)C(=O)CCCSCC(NC(C)=O)C(=O)O. The average molecular weight is 304 g/mol. The maximum atomic E-state index is 11.7. The van der Waals surface area contributed by atoms with E-state index in [1.165, 1.54) is 18.7 Å². The Morgan fingerprint density at radius 1 is 1.25 bits per heavy atom. The third kappa shape index (κ3) is 8.04. The number of nitrogens with zero attached hydrogens (tertiary/aromatic N) is 1. The molecule has 0 saturated carbocycles. The first-order chi connectivity index (χ1) is 9.42. The van der Waals surface area contributed by atoms with Gasteiger partial charge in [0.25, 0.3) is 0 Å². The van der Waals surface area contributed by atoms with Gasteiger partial charge in [-0.2, -0.15) is 11.8 Å². The van der Waals surface area contributed by atoms with E-state index in [0.717, 1.165) is 0 Å². The highest BCUT2D eigenvalue weighted by atomic mass is 32.2. The quantitative estimate of drug-likeness (QED) is 0.587. The second kappa shape index (κ2) is 10.5. The third-order valence-corrected chi connectivity index (χ3v) is 3.90. The molecule has 20 heavy (non-hydrogen) atoms. The van der Waals surface area contributed by atoms with Crippen molar-refractivity contribution in [1.82, 2.24) is 10.2 Å². The number of carboxylic acids is 1. The minimum absolute atomic E-state index is 0.132. The first-order valence-corrected chi connectivity index (χ1v) is 7.93. The number of amides is 2. The van der Waals surface area contributed by atoms with E-state index in [-0.39, 0.29) is 11.8 Å². The van der Waals surface area contributed by atoms with Crippen LogP contribution in [0.1, 0.15) is 33.6 Å². The van der Waals surface area contributed by atoms with Gasteiger partial charge < -0.3 is 15.3 Å². The van der Waals surface area contributed by atoms with Crippen molar-refractivity contribution in [2.45, 2.75) is 39.7 Å². The molecule has 0 aromatic rings. The lowest BCUT2D eigenvalue weighted by atomic mass is 10.3. The molecule has 0 aromatic heterocycles. The molecule has 0 fully saturated rings. The molecule has 0 radical (unpaired) electrons. The molecule has 116 valence electrons. The van der Waals surface area contributed by atoms with Crippen LogP contribution in [-0.2, 0) is 14.4 Å². The zero-order valence-electron chi connectivity index (χ0n) is 12.3. The summed E-state index contributed by atoms with van der Waals surface area (Å²) in [4.78, 5) is 35.2. The van der Waals surface area contributed by atoms with Crippen molar-refractivity contribution in [3.8, 4) is 0 Å². The molecule has 0 heterocycles. The second-order valence-electron chi connectivity index (χ2n) is 4.34. The zero-order valence-corrected chi connectivity index (χ0v) is 13.2. The fourth-order valence-corrected chi connectivity index (χ4v) is 2.66. The molecular weight excluding hydrogens is 280 g/mol. The molecular formula is C13H24N2O4S. The van der Waals surface area contributed by atoms with Gasteiger partial charge >= 0.3 is 5.97 Å². The van der Waals surface area contributed by atoms with Gasteiger partial charge in [-0.25, -0.2) is 4.79 Å². The first-order valence-electron chi connectivity index (χ1n) is 6.77. The molecule has 0 saturated heterocycles. The predicted octanol–water partition coefficient (Wildman–Crippen LogP) is 0.957. The number of hydrogen-bond acceptors (Lipinski definition) is 4. The van der Waals surface area contributed by atoms with Crippen molar-refractivity contribution in [3.05, 3.63) is 0 Å². The Bertz CT molecular complexity index is 332. The number of thioether (sulfide) groups is 1. The first kappa shape index (κ1) is 18.8. The zero-order chi connectivity index (χ0) is 15.5. The van der Waals surface area contributed by atoms with Gasteiger partial charge in [0.1, 0.15) is 6.04 Å². The molecule has 0 aliphatic carbocycles. The summed E-state index contributed by atoms with van der Waals surface area (Å²) >= 11 is 1.43. The lowest BCUT2D eigenvalue weighted by Crippen LogP contribution is -2.41. The maximum absolute atomic E-state index is 11.7. The van der Waals surface area contributed by atoms with E-state index < -0.39 is 12.0 Å². The molecule has 2 amide bonds. The molecule has 1 atom stereocenters. The van der Waals surface area contributed by atoms with Gasteiger partial charge in [-0.15, -0.1) is 0 Å². The van der Waals surface area contributed by atoms with E-state index in [2.05, 4.69) is 5.32 Å². The Kier molecular flexibility index (Phi) is 9.88. The minimum atomic E-state index is -1.04. The van der Waals surface area contributed by atoms with Crippen LogP contribution in [0, 0.1) is 0 Å². The Morgan fingerprint density at radius 3 is 2.30 bits per heavy atom. The molecule has 0 spiro atoms. The molecule has 7 heteroatoms. The van der Waals surface area contributed by atoms with Crippen LogP contribution < -0.4 is 5.32 Å². The van der Waals surface area contributed by atoms with Crippen molar-refractivity contribution in [3.63, 3.8) is 0 Å². The number of nitrogens with one attached hydrogen (secondary N) is 1. The fraction of sp³-hybridized carbons (Fsp3) is 0.769. The molecule has 0 aliphatic heterocycles. The summed E-state index contributed by atoms with van der Waals surface area (Å²) in [5.74, 6) is -0.237.